The molecule has 6 nitrogen and oxygen atoms in total. The van der Waals surface area contributed by atoms with Crippen LogP contribution in [0.3, 0.4) is 0 Å². The number of nitrogens with one attached hydrogen (secondary N) is 1. The quantitative estimate of drug-likeness (QED) is 0.786. The minimum absolute atomic E-state index is 0.0103. The van der Waals surface area contributed by atoms with E-state index in [0.717, 1.165) is 19.3 Å². The lowest BCUT2D eigenvalue weighted by molar-refractivity contribution is -0.115. The van der Waals surface area contributed by atoms with Crippen molar-refractivity contribution in [2.45, 2.75) is 36.7 Å². The SMILES string of the molecule is NS(=O)(=O)c1cc(NC(=O)Cc2ccccc2Cl)ccc1OC1CCC1. The molecule has 1 aliphatic rings. The van der Waals surface area contributed by atoms with Gasteiger partial charge in [-0.05, 0) is 49.1 Å². The maximum atomic E-state index is 12.2. The summed E-state index contributed by atoms with van der Waals surface area (Å²) >= 11 is 6.05. The summed E-state index contributed by atoms with van der Waals surface area (Å²) < 4.78 is 29.5. The second kappa shape index (κ2) is 7.65. The summed E-state index contributed by atoms with van der Waals surface area (Å²) in [5.74, 6) is -0.104. The number of benzene rings is 2. The zero-order valence-corrected chi connectivity index (χ0v) is 15.5. The van der Waals surface area contributed by atoms with Crippen molar-refractivity contribution in [1.29, 1.82) is 0 Å². The second-order valence-corrected chi connectivity index (χ2v) is 8.13. The zero-order chi connectivity index (χ0) is 18.7. The van der Waals surface area contributed by atoms with Gasteiger partial charge in [0.1, 0.15) is 10.6 Å². The van der Waals surface area contributed by atoms with Gasteiger partial charge in [0.25, 0.3) is 0 Å². The highest BCUT2D eigenvalue weighted by Crippen LogP contribution is 2.31. The number of anilines is 1. The zero-order valence-electron chi connectivity index (χ0n) is 13.9. The number of hydrogen-bond donors (Lipinski definition) is 2. The summed E-state index contributed by atoms with van der Waals surface area (Å²) in [4.78, 5) is 12.1. The molecule has 3 N–H and O–H groups in total. The van der Waals surface area contributed by atoms with Crippen molar-refractivity contribution >= 4 is 33.2 Å². The molecule has 1 saturated carbocycles. The molecule has 0 spiro atoms. The van der Waals surface area contributed by atoms with Crippen LogP contribution in [0, 0.1) is 0 Å². The predicted octanol–water partition coefficient (Wildman–Crippen LogP) is 3.10. The highest BCUT2D eigenvalue weighted by molar-refractivity contribution is 7.89. The van der Waals surface area contributed by atoms with Crippen molar-refractivity contribution in [1.82, 2.24) is 0 Å². The smallest absolute Gasteiger partial charge is 0.241 e. The molecule has 26 heavy (non-hydrogen) atoms. The fourth-order valence-corrected chi connectivity index (χ4v) is 3.48. The van der Waals surface area contributed by atoms with Crippen LogP contribution in [-0.4, -0.2) is 20.4 Å². The Morgan fingerprint density at radius 2 is 1.96 bits per heavy atom. The molecular formula is C18H19ClN2O4S. The lowest BCUT2D eigenvalue weighted by Gasteiger charge is -2.27. The van der Waals surface area contributed by atoms with Crippen LogP contribution in [0.25, 0.3) is 0 Å². The predicted molar refractivity (Wildman–Crippen MR) is 99.9 cm³/mol. The van der Waals surface area contributed by atoms with Crippen LogP contribution in [-0.2, 0) is 21.2 Å². The summed E-state index contributed by atoms with van der Waals surface area (Å²) in [5, 5.41) is 8.46. The highest BCUT2D eigenvalue weighted by Gasteiger charge is 2.23. The minimum atomic E-state index is -3.98. The molecule has 1 fully saturated rings. The largest absolute Gasteiger partial charge is 0.489 e. The molecular weight excluding hydrogens is 376 g/mol. The average molecular weight is 395 g/mol. The molecule has 0 saturated heterocycles. The third-order valence-electron chi connectivity index (χ3n) is 4.19. The molecule has 0 radical (unpaired) electrons. The Balaban J connectivity index is 1.77. The number of hydrogen-bond acceptors (Lipinski definition) is 4. The standard InChI is InChI=1S/C18H19ClN2O4S/c19-15-7-2-1-4-12(15)10-18(22)21-13-8-9-16(25-14-5-3-6-14)17(11-13)26(20,23)24/h1-2,4,7-9,11,14H,3,5-6,10H2,(H,21,22)(H2,20,23,24). The Morgan fingerprint density at radius 3 is 2.58 bits per heavy atom. The van der Waals surface area contributed by atoms with Crippen molar-refractivity contribution in [3.8, 4) is 5.75 Å². The van der Waals surface area contributed by atoms with E-state index in [-0.39, 0.29) is 29.1 Å². The fraction of sp³-hybridized carbons (Fsp3) is 0.278. The lowest BCUT2D eigenvalue weighted by Crippen LogP contribution is -2.26. The Bertz CT molecular complexity index is 927. The summed E-state index contributed by atoms with van der Waals surface area (Å²) in [6.45, 7) is 0. The molecule has 0 aliphatic heterocycles. The van der Waals surface area contributed by atoms with Crippen LogP contribution in [0.4, 0.5) is 5.69 Å². The molecule has 1 aliphatic carbocycles. The Kier molecular flexibility index (Phi) is 5.50. The van der Waals surface area contributed by atoms with E-state index in [1.54, 1.807) is 30.3 Å². The number of amides is 1. The summed E-state index contributed by atoms with van der Waals surface area (Å²) in [7, 11) is -3.98. The molecule has 0 aromatic heterocycles. The maximum absolute atomic E-state index is 12.2. The van der Waals surface area contributed by atoms with Gasteiger partial charge in [0, 0.05) is 10.7 Å². The molecule has 138 valence electrons. The Hall–Kier alpha value is -2.09. The number of sulfonamides is 1. The third kappa shape index (κ3) is 4.55. The van der Waals surface area contributed by atoms with Crippen LogP contribution >= 0.6 is 11.6 Å². The van der Waals surface area contributed by atoms with Gasteiger partial charge in [-0.1, -0.05) is 29.8 Å². The summed E-state index contributed by atoms with van der Waals surface area (Å²) in [6.07, 6.45) is 2.92. The van der Waals surface area contributed by atoms with Gasteiger partial charge >= 0.3 is 0 Å². The summed E-state index contributed by atoms with van der Waals surface area (Å²) in [5.41, 5.74) is 1.01. The topological polar surface area (TPSA) is 98.5 Å². The lowest BCUT2D eigenvalue weighted by atomic mass is 9.96. The Labute approximate surface area is 157 Å². The van der Waals surface area contributed by atoms with Crippen LogP contribution in [0.15, 0.2) is 47.4 Å². The van der Waals surface area contributed by atoms with Gasteiger partial charge < -0.3 is 10.1 Å². The molecule has 2 aromatic carbocycles. The molecule has 0 atom stereocenters. The van der Waals surface area contributed by atoms with E-state index in [2.05, 4.69) is 5.32 Å². The van der Waals surface area contributed by atoms with E-state index < -0.39 is 10.0 Å². The molecule has 1 amide bonds. The van der Waals surface area contributed by atoms with E-state index in [1.807, 2.05) is 0 Å². The van der Waals surface area contributed by atoms with Crippen molar-refractivity contribution in [2.75, 3.05) is 5.32 Å². The normalized spacial score (nSPS) is 14.5. The van der Waals surface area contributed by atoms with Crippen molar-refractivity contribution in [3.05, 3.63) is 53.1 Å². The fourth-order valence-electron chi connectivity index (χ4n) is 2.59. The number of halogens is 1. The highest BCUT2D eigenvalue weighted by atomic mass is 35.5. The van der Waals surface area contributed by atoms with Crippen LogP contribution < -0.4 is 15.2 Å². The molecule has 0 heterocycles. The van der Waals surface area contributed by atoms with Gasteiger partial charge in [-0.3, -0.25) is 4.79 Å². The van der Waals surface area contributed by atoms with E-state index in [0.29, 0.717) is 16.3 Å². The first-order valence-electron chi connectivity index (χ1n) is 8.20. The van der Waals surface area contributed by atoms with Crippen LogP contribution in [0.2, 0.25) is 5.02 Å². The van der Waals surface area contributed by atoms with Gasteiger partial charge in [-0.25, -0.2) is 13.6 Å². The average Bonchev–Trinajstić information content (AvgIpc) is 2.53. The minimum Gasteiger partial charge on any atom is -0.489 e. The third-order valence-corrected chi connectivity index (χ3v) is 5.49. The molecule has 0 bridgehead atoms. The van der Waals surface area contributed by atoms with Gasteiger partial charge in [0.2, 0.25) is 15.9 Å². The van der Waals surface area contributed by atoms with E-state index in [1.165, 1.54) is 12.1 Å². The molecule has 3 rings (SSSR count). The first-order valence-corrected chi connectivity index (χ1v) is 10.1. The number of ether oxygens (including phenoxy) is 1. The van der Waals surface area contributed by atoms with Gasteiger partial charge in [0.15, 0.2) is 0 Å². The van der Waals surface area contributed by atoms with Crippen LogP contribution in [0.5, 0.6) is 5.75 Å². The van der Waals surface area contributed by atoms with Crippen molar-refractivity contribution < 1.29 is 17.9 Å². The number of nitrogens with two attached hydrogens (primary N) is 1. The summed E-state index contributed by atoms with van der Waals surface area (Å²) in [6, 6.07) is 11.5. The molecule has 2 aromatic rings. The Morgan fingerprint density at radius 1 is 1.23 bits per heavy atom. The first kappa shape index (κ1) is 18.7. The first-order chi connectivity index (χ1) is 12.3. The van der Waals surface area contributed by atoms with Gasteiger partial charge in [-0.2, -0.15) is 0 Å². The van der Waals surface area contributed by atoms with Gasteiger partial charge in [-0.15, -0.1) is 0 Å². The van der Waals surface area contributed by atoms with Crippen molar-refractivity contribution in [3.63, 3.8) is 0 Å². The van der Waals surface area contributed by atoms with E-state index in [4.69, 9.17) is 21.5 Å². The van der Waals surface area contributed by atoms with Crippen LogP contribution in [0.1, 0.15) is 24.8 Å². The molecule has 8 heteroatoms. The monoisotopic (exact) mass is 394 g/mol. The van der Waals surface area contributed by atoms with Crippen molar-refractivity contribution in [2.24, 2.45) is 5.14 Å². The van der Waals surface area contributed by atoms with E-state index in [9.17, 15) is 13.2 Å². The number of carbonyl (C=O) groups excluding carboxylic acids is 1. The molecule has 0 unspecified atom stereocenters. The number of primary sulfonamides is 1. The maximum Gasteiger partial charge on any atom is 0.241 e. The number of carbonyl (C=O) groups is 1. The second-order valence-electron chi connectivity index (χ2n) is 6.19. The number of rotatable bonds is 6. The van der Waals surface area contributed by atoms with E-state index >= 15 is 0 Å². The van der Waals surface area contributed by atoms with Gasteiger partial charge in [0.05, 0.1) is 12.5 Å².